The Morgan fingerprint density at radius 2 is 1.67 bits per heavy atom. The van der Waals surface area contributed by atoms with Crippen LogP contribution < -0.4 is 5.32 Å². The highest BCUT2D eigenvalue weighted by molar-refractivity contribution is 9.10. The molecule has 0 aliphatic carbocycles. The van der Waals surface area contributed by atoms with Crippen LogP contribution >= 0.6 is 15.9 Å². The molecule has 92 valence electrons. The third-order valence-corrected chi connectivity index (χ3v) is 3.33. The second-order valence-corrected chi connectivity index (χ2v) is 5.04. The number of carbonyl (C=O) groups excluding carboxylic acids is 1. The lowest BCUT2D eigenvalue weighted by Gasteiger charge is -2.12. The van der Waals surface area contributed by atoms with Gasteiger partial charge in [-0.3, -0.25) is 4.79 Å². The highest BCUT2D eigenvalue weighted by atomic mass is 79.9. The van der Waals surface area contributed by atoms with Crippen molar-refractivity contribution in [3.8, 4) is 0 Å². The SMILES string of the molecule is CC(C(=O)Nc1ccccc1)c1ccc(Br)cc1. The average Bonchev–Trinajstić information content (AvgIpc) is 2.40. The van der Waals surface area contributed by atoms with Crippen molar-refractivity contribution >= 4 is 27.5 Å². The number of halogens is 1. The van der Waals surface area contributed by atoms with Gasteiger partial charge in [0.1, 0.15) is 0 Å². The van der Waals surface area contributed by atoms with Crippen LogP contribution in [0.3, 0.4) is 0 Å². The Hall–Kier alpha value is -1.61. The fourth-order valence-electron chi connectivity index (χ4n) is 1.67. The van der Waals surface area contributed by atoms with Crippen molar-refractivity contribution in [2.75, 3.05) is 5.32 Å². The van der Waals surface area contributed by atoms with Gasteiger partial charge < -0.3 is 5.32 Å². The largest absolute Gasteiger partial charge is 0.326 e. The zero-order valence-electron chi connectivity index (χ0n) is 10.1. The zero-order chi connectivity index (χ0) is 13.0. The van der Waals surface area contributed by atoms with E-state index in [4.69, 9.17) is 0 Å². The van der Waals surface area contributed by atoms with Crippen LogP contribution in [-0.2, 0) is 4.79 Å². The third-order valence-electron chi connectivity index (χ3n) is 2.80. The first kappa shape index (κ1) is 12.8. The summed E-state index contributed by atoms with van der Waals surface area (Å²) < 4.78 is 1.02. The van der Waals surface area contributed by atoms with Gasteiger partial charge in [0.05, 0.1) is 5.92 Å². The quantitative estimate of drug-likeness (QED) is 0.905. The van der Waals surface area contributed by atoms with Crippen molar-refractivity contribution in [1.82, 2.24) is 0 Å². The molecule has 0 heterocycles. The minimum absolute atomic E-state index is 0.00326. The summed E-state index contributed by atoms with van der Waals surface area (Å²) in [6.07, 6.45) is 0. The molecule has 0 aliphatic rings. The number of hydrogen-bond acceptors (Lipinski definition) is 1. The highest BCUT2D eigenvalue weighted by Gasteiger charge is 2.14. The monoisotopic (exact) mass is 303 g/mol. The van der Waals surface area contributed by atoms with Crippen LogP contribution in [0.1, 0.15) is 18.4 Å². The normalized spacial score (nSPS) is 11.9. The molecule has 0 aromatic heterocycles. The fraction of sp³-hybridized carbons (Fsp3) is 0.133. The predicted octanol–water partition coefficient (Wildman–Crippen LogP) is 4.19. The summed E-state index contributed by atoms with van der Waals surface area (Å²) in [5, 5.41) is 2.90. The number of nitrogens with one attached hydrogen (secondary N) is 1. The summed E-state index contributed by atoms with van der Waals surface area (Å²) in [5.41, 5.74) is 1.83. The second kappa shape index (κ2) is 5.83. The Morgan fingerprint density at radius 3 is 2.28 bits per heavy atom. The molecule has 0 aliphatic heterocycles. The van der Waals surface area contributed by atoms with E-state index in [2.05, 4.69) is 21.2 Å². The minimum Gasteiger partial charge on any atom is -0.326 e. The third kappa shape index (κ3) is 3.20. The van der Waals surface area contributed by atoms with E-state index >= 15 is 0 Å². The smallest absolute Gasteiger partial charge is 0.231 e. The van der Waals surface area contributed by atoms with Crippen LogP contribution in [-0.4, -0.2) is 5.91 Å². The molecule has 1 unspecified atom stereocenters. The Bertz CT molecular complexity index is 522. The van der Waals surface area contributed by atoms with Gasteiger partial charge in [-0.15, -0.1) is 0 Å². The van der Waals surface area contributed by atoms with Crippen molar-refractivity contribution < 1.29 is 4.79 Å². The molecule has 1 atom stereocenters. The lowest BCUT2D eigenvalue weighted by Crippen LogP contribution is -2.18. The van der Waals surface area contributed by atoms with Crippen LogP contribution in [0.4, 0.5) is 5.69 Å². The molecule has 1 N–H and O–H groups in total. The molecule has 0 saturated carbocycles. The van der Waals surface area contributed by atoms with Crippen LogP contribution in [0, 0.1) is 0 Å². The fourth-order valence-corrected chi connectivity index (χ4v) is 1.94. The van der Waals surface area contributed by atoms with Crippen LogP contribution in [0.5, 0.6) is 0 Å². The van der Waals surface area contributed by atoms with Gasteiger partial charge >= 0.3 is 0 Å². The molecular weight excluding hydrogens is 290 g/mol. The molecule has 18 heavy (non-hydrogen) atoms. The Labute approximate surface area is 115 Å². The van der Waals surface area contributed by atoms with Gasteiger partial charge in [-0.1, -0.05) is 46.3 Å². The summed E-state index contributed by atoms with van der Waals surface area (Å²) in [6, 6.07) is 17.3. The summed E-state index contributed by atoms with van der Waals surface area (Å²) in [5.74, 6) is -0.165. The number of anilines is 1. The molecule has 0 radical (unpaired) electrons. The summed E-state index contributed by atoms with van der Waals surface area (Å²) in [4.78, 5) is 12.1. The molecule has 2 aromatic carbocycles. The van der Waals surface area contributed by atoms with Gasteiger partial charge in [-0.25, -0.2) is 0 Å². The molecular formula is C15H14BrNO. The maximum absolute atomic E-state index is 12.1. The van der Waals surface area contributed by atoms with Crippen LogP contribution in [0.15, 0.2) is 59.1 Å². The Kier molecular flexibility index (Phi) is 4.15. The van der Waals surface area contributed by atoms with Crippen molar-refractivity contribution in [2.24, 2.45) is 0 Å². The minimum atomic E-state index is -0.168. The number of para-hydroxylation sites is 1. The molecule has 2 rings (SSSR count). The van der Waals surface area contributed by atoms with E-state index in [9.17, 15) is 4.79 Å². The maximum atomic E-state index is 12.1. The zero-order valence-corrected chi connectivity index (χ0v) is 11.6. The molecule has 1 amide bonds. The number of carbonyl (C=O) groups is 1. The summed E-state index contributed by atoms with van der Waals surface area (Å²) in [7, 11) is 0. The van der Waals surface area contributed by atoms with E-state index in [0.29, 0.717) is 0 Å². The molecule has 0 fully saturated rings. The molecule has 0 spiro atoms. The standard InChI is InChI=1S/C15H14BrNO/c1-11(12-7-9-13(16)10-8-12)15(18)17-14-5-3-2-4-6-14/h2-11H,1H3,(H,17,18). The molecule has 3 heteroatoms. The Morgan fingerprint density at radius 1 is 1.06 bits per heavy atom. The van der Waals surface area contributed by atoms with E-state index in [1.165, 1.54) is 0 Å². The summed E-state index contributed by atoms with van der Waals surface area (Å²) in [6.45, 7) is 1.90. The van der Waals surface area contributed by atoms with Gasteiger partial charge in [0.15, 0.2) is 0 Å². The lowest BCUT2D eigenvalue weighted by molar-refractivity contribution is -0.117. The first-order valence-electron chi connectivity index (χ1n) is 5.78. The van der Waals surface area contributed by atoms with E-state index in [0.717, 1.165) is 15.7 Å². The van der Waals surface area contributed by atoms with Crippen molar-refractivity contribution in [3.05, 3.63) is 64.6 Å². The predicted molar refractivity (Wildman–Crippen MR) is 77.6 cm³/mol. The number of benzene rings is 2. The van der Waals surface area contributed by atoms with Crippen molar-refractivity contribution in [1.29, 1.82) is 0 Å². The molecule has 0 saturated heterocycles. The lowest BCUT2D eigenvalue weighted by atomic mass is 10.0. The van der Waals surface area contributed by atoms with Crippen LogP contribution in [0.25, 0.3) is 0 Å². The highest BCUT2D eigenvalue weighted by Crippen LogP contribution is 2.20. The number of hydrogen-bond donors (Lipinski definition) is 1. The topological polar surface area (TPSA) is 29.1 Å². The van der Waals surface area contributed by atoms with Crippen molar-refractivity contribution in [3.63, 3.8) is 0 Å². The molecule has 0 bridgehead atoms. The second-order valence-electron chi connectivity index (χ2n) is 4.13. The van der Waals surface area contributed by atoms with E-state index in [1.54, 1.807) is 0 Å². The first-order valence-corrected chi connectivity index (χ1v) is 6.57. The van der Waals surface area contributed by atoms with Gasteiger partial charge in [0.25, 0.3) is 0 Å². The Balaban J connectivity index is 2.07. The maximum Gasteiger partial charge on any atom is 0.231 e. The van der Waals surface area contributed by atoms with Gasteiger partial charge in [-0.2, -0.15) is 0 Å². The van der Waals surface area contributed by atoms with Gasteiger partial charge in [0, 0.05) is 10.2 Å². The first-order chi connectivity index (χ1) is 8.66. The molecule has 2 aromatic rings. The van der Waals surface area contributed by atoms with Gasteiger partial charge in [0.2, 0.25) is 5.91 Å². The van der Waals surface area contributed by atoms with Gasteiger partial charge in [-0.05, 0) is 36.8 Å². The van der Waals surface area contributed by atoms with E-state index in [1.807, 2.05) is 61.5 Å². The number of rotatable bonds is 3. The number of amides is 1. The van der Waals surface area contributed by atoms with Crippen LogP contribution in [0.2, 0.25) is 0 Å². The average molecular weight is 304 g/mol. The molecule has 2 nitrogen and oxygen atoms in total. The summed E-state index contributed by atoms with van der Waals surface area (Å²) >= 11 is 3.38. The van der Waals surface area contributed by atoms with E-state index < -0.39 is 0 Å². The van der Waals surface area contributed by atoms with E-state index in [-0.39, 0.29) is 11.8 Å². The van der Waals surface area contributed by atoms with Crippen molar-refractivity contribution in [2.45, 2.75) is 12.8 Å².